The maximum absolute atomic E-state index is 13.3. The lowest BCUT2D eigenvalue weighted by molar-refractivity contribution is -0.111. The number of hydrogen-bond acceptors (Lipinski definition) is 6. The van der Waals surface area contributed by atoms with Gasteiger partial charge < -0.3 is 16.0 Å². The lowest BCUT2D eigenvalue weighted by Crippen LogP contribution is -2.49. The van der Waals surface area contributed by atoms with Crippen LogP contribution in [0.5, 0.6) is 0 Å². The number of carbonyl (C=O) groups is 3. The van der Waals surface area contributed by atoms with Gasteiger partial charge in [-0.3, -0.25) is 19.5 Å². The number of halogens is 2. The van der Waals surface area contributed by atoms with Crippen molar-refractivity contribution in [3.8, 4) is 0 Å². The predicted octanol–water partition coefficient (Wildman–Crippen LogP) is 3.68. The van der Waals surface area contributed by atoms with Gasteiger partial charge in [0, 0.05) is 24.8 Å². The molecule has 0 aliphatic carbocycles. The molecule has 39 heavy (non-hydrogen) atoms. The van der Waals surface area contributed by atoms with Crippen molar-refractivity contribution in [2.24, 2.45) is 0 Å². The molecule has 1 saturated heterocycles. The maximum atomic E-state index is 13.3. The lowest BCUT2D eigenvalue weighted by Gasteiger charge is -2.32. The maximum Gasteiger partial charge on any atom is 0.271 e. The zero-order valence-electron chi connectivity index (χ0n) is 20.4. The molecule has 2 heterocycles. The molecule has 2 aromatic carbocycles. The van der Waals surface area contributed by atoms with Crippen molar-refractivity contribution in [2.75, 3.05) is 23.7 Å². The number of piperidine rings is 1. The summed E-state index contributed by atoms with van der Waals surface area (Å²) in [6.07, 6.45) is 3.40. The Kier molecular flexibility index (Phi) is 8.70. The molecular weight excluding hydrogens is 567 g/mol. The van der Waals surface area contributed by atoms with E-state index in [2.05, 4.69) is 32.7 Å². The van der Waals surface area contributed by atoms with Gasteiger partial charge in [0.25, 0.3) is 11.8 Å². The third kappa shape index (κ3) is 6.48. The fraction of sp³-hybridized carbons (Fsp3) is 0.200. The number of rotatable bonds is 8. The first kappa shape index (κ1) is 28.3. The van der Waals surface area contributed by atoms with Gasteiger partial charge in [-0.1, -0.05) is 41.9 Å². The van der Waals surface area contributed by atoms with Crippen molar-refractivity contribution in [3.05, 3.63) is 82.6 Å². The first-order valence-corrected chi connectivity index (χ1v) is 13.9. The molecule has 3 aromatic rings. The average molecular weight is 591 g/mol. The van der Waals surface area contributed by atoms with E-state index in [0.29, 0.717) is 18.5 Å². The number of aromatic amines is 1. The molecule has 4 rings (SSSR count). The van der Waals surface area contributed by atoms with Crippen LogP contribution in [0.15, 0.2) is 66.2 Å². The molecule has 0 spiro atoms. The van der Waals surface area contributed by atoms with Gasteiger partial charge in [0.05, 0.1) is 32.4 Å². The third-order valence-electron chi connectivity index (χ3n) is 5.95. The highest BCUT2D eigenvalue weighted by atomic mass is 35.5. The number of amides is 3. The summed E-state index contributed by atoms with van der Waals surface area (Å²) in [4.78, 5) is 37.4. The zero-order chi connectivity index (χ0) is 28.2. The molecule has 1 unspecified atom stereocenters. The molecule has 0 saturated carbocycles. The predicted molar refractivity (Wildman–Crippen MR) is 148 cm³/mol. The summed E-state index contributed by atoms with van der Waals surface area (Å²) in [5, 5.41) is 14.6. The van der Waals surface area contributed by atoms with E-state index in [-0.39, 0.29) is 45.0 Å². The fourth-order valence-corrected chi connectivity index (χ4v) is 6.21. The van der Waals surface area contributed by atoms with Crippen LogP contribution in [-0.4, -0.2) is 59.8 Å². The Balaban J connectivity index is 1.44. The molecule has 204 valence electrons. The highest BCUT2D eigenvalue weighted by Crippen LogP contribution is 2.26. The van der Waals surface area contributed by atoms with Crippen LogP contribution in [0.1, 0.15) is 33.7 Å². The Morgan fingerprint density at radius 3 is 2.51 bits per heavy atom. The van der Waals surface area contributed by atoms with Crippen molar-refractivity contribution in [3.63, 3.8) is 0 Å². The number of nitrogens with zero attached hydrogens (tertiary/aromatic N) is 2. The van der Waals surface area contributed by atoms with E-state index in [1.807, 2.05) is 0 Å². The Bertz CT molecular complexity index is 1520. The van der Waals surface area contributed by atoms with Crippen LogP contribution in [0.4, 0.5) is 11.4 Å². The fourth-order valence-electron chi connectivity index (χ4n) is 4.07. The minimum absolute atomic E-state index is 0.00754. The Hall–Kier alpha value is -3.71. The highest BCUT2D eigenvalue weighted by Gasteiger charge is 2.32. The van der Waals surface area contributed by atoms with E-state index in [4.69, 9.17) is 23.2 Å². The summed E-state index contributed by atoms with van der Waals surface area (Å²) in [5.74, 6) is -1.66. The largest absolute Gasteiger partial charge is 0.347 e. The van der Waals surface area contributed by atoms with E-state index in [9.17, 15) is 22.8 Å². The van der Waals surface area contributed by atoms with Crippen LogP contribution in [-0.2, 0) is 14.8 Å². The minimum Gasteiger partial charge on any atom is -0.347 e. The number of carbonyl (C=O) groups excluding carboxylic acids is 3. The lowest BCUT2D eigenvalue weighted by atomic mass is 10.1. The first-order chi connectivity index (χ1) is 18.6. The second-order valence-corrected chi connectivity index (χ2v) is 11.4. The number of benzene rings is 2. The summed E-state index contributed by atoms with van der Waals surface area (Å²) < 4.78 is 27.9. The van der Waals surface area contributed by atoms with Gasteiger partial charge in [-0.2, -0.15) is 9.40 Å². The van der Waals surface area contributed by atoms with E-state index in [0.717, 1.165) is 6.08 Å². The Labute approximate surface area is 234 Å². The van der Waals surface area contributed by atoms with Crippen LogP contribution in [0.3, 0.4) is 0 Å². The zero-order valence-corrected chi connectivity index (χ0v) is 22.7. The van der Waals surface area contributed by atoms with E-state index in [1.54, 1.807) is 12.1 Å². The topological polar surface area (TPSA) is 153 Å². The number of anilines is 2. The molecule has 1 aromatic heterocycles. The van der Waals surface area contributed by atoms with Gasteiger partial charge in [-0.15, -0.1) is 0 Å². The molecule has 14 heteroatoms. The number of hydrogen-bond donors (Lipinski definition) is 4. The van der Waals surface area contributed by atoms with Gasteiger partial charge in [0.15, 0.2) is 0 Å². The SMILES string of the molecule is C=CC(=O)Nc1cccc(S(=O)(=O)N2CCCC(NC(=O)c3[nH]ncc3NC(=O)c3c(Cl)cccc3Cl)C2)c1. The van der Waals surface area contributed by atoms with Crippen LogP contribution in [0.25, 0.3) is 0 Å². The van der Waals surface area contributed by atoms with Gasteiger partial charge in [0.1, 0.15) is 5.69 Å². The van der Waals surface area contributed by atoms with Crippen LogP contribution < -0.4 is 16.0 Å². The summed E-state index contributed by atoms with van der Waals surface area (Å²) in [5.41, 5.74) is 0.453. The van der Waals surface area contributed by atoms with Gasteiger partial charge in [0.2, 0.25) is 15.9 Å². The third-order valence-corrected chi connectivity index (χ3v) is 8.44. The molecule has 11 nitrogen and oxygen atoms in total. The number of aromatic nitrogens is 2. The van der Waals surface area contributed by atoms with Crippen molar-refractivity contribution in [1.82, 2.24) is 19.8 Å². The molecule has 0 radical (unpaired) electrons. The first-order valence-electron chi connectivity index (χ1n) is 11.7. The van der Waals surface area contributed by atoms with Crippen molar-refractivity contribution >= 4 is 62.3 Å². The second kappa shape index (κ2) is 12.0. The average Bonchev–Trinajstić information content (AvgIpc) is 3.37. The molecule has 1 fully saturated rings. The molecule has 1 aliphatic heterocycles. The van der Waals surface area contributed by atoms with Crippen molar-refractivity contribution in [2.45, 2.75) is 23.8 Å². The molecule has 4 N–H and O–H groups in total. The number of sulfonamides is 1. The van der Waals surface area contributed by atoms with Gasteiger partial charge in [-0.05, 0) is 49.2 Å². The van der Waals surface area contributed by atoms with Gasteiger partial charge in [-0.25, -0.2) is 8.42 Å². The molecule has 3 amide bonds. The highest BCUT2D eigenvalue weighted by molar-refractivity contribution is 7.89. The Morgan fingerprint density at radius 1 is 1.08 bits per heavy atom. The normalized spacial score (nSPS) is 15.8. The van der Waals surface area contributed by atoms with E-state index in [1.165, 1.54) is 40.8 Å². The van der Waals surface area contributed by atoms with Gasteiger partial charge >= 0.3 is 0 Å². The smallest absolute Gasteiger partial charge is 0.271 e. The van der Waals surface area contributed by atoms with Crippen molar-refractivity contribution in [1.29, 1.82) is 0 Å². The van der Waals surface area contributed by atoms with Crippen LogP contribution >= 0.6 is 23.2 Å². The molecular formula is C25H24Cl2N6O5S. The Morgan fingerprint density at radius 2 is 1.79 bits per heavy atom. The quantitative estimate of drug-likeness (QED) is 0.293. The number of nitrogens with one attached hydrogen (secondary N) is 4. The van der Waals surface area contributed by atoms with Crippen LogP contribution in [0.2, 0.25) is 10.0 Å². The molecule has 1 atom stereocenters. The summed E-state index contributed by atoms with van der Waals surface area (Å²) in [7, 11) is -3.91. The standard InChI is InChI=1S/C25H24Cl2N6O5S/c1-2-21(34)29-15-6-3-8-17(12-15)39(37,38)33-11-5-7-16(14-33)30-25(36)23-20(13-28-32-23)31-24(35)22-18(26)9-4-10-19(22)27/h2-4,6,8-10,12-13,16H,1,5,7,11,14H2,(H,28,32)(H,29,34)(H,30,36)(H,31,35). The monoisotopic (exact) mass is 590 g/mol. The summed E-state index contributed by atoms with van der Waals surface area (Å²) in [6.45, 7) is 3.68. The van der Waals surface area contributed by atoms with E-state index >= 15 is 0 Å². The molecule has 1 aliphatic rings. The summed E-state index contributed by atoms with van der Waals surface area (Å²) in [6, 6.07) is 10.0. The molecule has 0 bridgehead atoms. The van der Waals surface area contributed by atoms with E-state index < -0.39 is 33.8 Å². The van der Waals surface area contributed by atoms with Crippen molar-refractivity contribution < 1.29 is 22.8 Å². The minimum atomic E-state index is -3.91. The second-order valence-electron chi connectivity index (χ2n) is 8.61. The summed E-state index contributed by atoms with van der Waals surface area (Å²) >= 11 is 12.2. The van der Waals surface area contributed by atoms with Crippen LogP contribution in [0, 0.1) is 0 Å². The number of H-pyrrole nitrogens is 1.